The molecular formula is C13H9BrN2O. The van der Waals surface area contributed by atoms with Crippen LogP contribution >= 0.6 is 15.9 Å². The van der Waals surface area contributed by atoms with Gasteiger partial charge in [0, 0.05) is 10.0 Å². The predicted molar refractivity (Wildman–Crippen MR) is 70.0 cm³/mol. The Morgan fingerprint density at radius 3 is 2.76 bits per heavy atom. The van der Waals surface area contributed by atoms with E-state index in [2.05, 4.69) is 20.9 Å². The first-order chi connectivity index (χ1) is 8.25. The van der Waals surface area contributed by atoms with Gasteiger partial charge in [-0.2, -0.15) is 0 Å². The molecule has 2 aromatic heterocycles. The van der Waals surface area contributed by atoms with Crippen molar-refractivity contribution >= 4 is 21.4 Å². The number of hydrogen-bond donors (Lipinski definition) is 1. The Kier molecular flexibility index (Phi) is 2.37. The highest BCUT2D eigenvalue weighted by atomic mass is 79.9. The summed E-state index contributed by atoms with van der Waals surface area (Å²) in [5.41, 5.74) is 1.83. The summed E-state index contributed by atoms with van der Waals surface area (Å²) in [4.78, 5) is 4.35. The normalized spacial score (nSPS) is 10.9. The van der Waals surface area contributed by atoms with Crippen molar-refractivity contribution < 1.29 is 5.11 Å². The molecule has 0 amide bonds. The Morgan fingerprint density at radius 2 is 1.94 bits per heavy atom. The lowest BCUT2D eigenvalue weighted by molar-refractivity contribution is 0.447. The van der Waals surface area contributed by atoms with Crippen molar-refractivity contribution in [1.82, 2.24) is 9.38 Å². The summed E-state index contributed by atoms with van der Waals surface area (Å²) in [6, 6.07) is 13.2. The number of imidazole rings is 1. The number of benzene rings is 1. The minimum absolute atomic E-state index is 0.190. The maximum atomic E-state index is 9.88. The number of aromatic hydroxyl groups is 1. The first kappa shape index (κ1) is 10.4. The van der Waals surface area contributed by atoms with Gasteiger partial charge in [-0.3, -0.25) is 4.40 Å². The molecule has 0 fully saturated rings. The predicted octanol–water partition coefficient (Wildman–Crippen LogP) is 3.47. The second-order valence-corrected chi connectivity index (χ2v) is 4.65. The molecule has 3 aromatic rings. The number of rotatable bonds is 1. The van der Waals surface area contributed by atoms with Crippen LogP contribution in [0, 0.1) is 0 Å². The highest BCUT2D eigenvalue weighted by Gasteiger charge is 2.09. The van der Waals surface area contributed by atoms with Gasteiger partial charge in [-0.15, -0.1) is 0 Å². The smallest absolute Gasteiger partial charge is 0.197 e. The average Bonchev–Trinajstić information content (AvgIpc) is 2.74. The topological polar surface area (TPSA) is 37.5 Å². The molecule has 0 spiro atoms. The van der Waals surface area contributed by atoms with Crippen LogP contribution in [0.5, 0.6) is 5.88 Å². The zero-order valence-corrected chi connectivity index (χ0v) is 10.4. The van der Waals surface area contributed by atoms with Crippen molar-refractivity contribution in [2.24, 2.45) is 0 Å². The van der Waals surface area contributed by atoms with Gasteiger partial charge in [0.2, 0.25) is 0 Å². The van der Waals surface area contributed by atoms with Crippen molar-refractivity contribution in [3.8, 4) is 17.3 Å². The second kappa shape index (κ2) is 3.89. The van der Waals surface area contributed by atoms with Crippen LogP contribution in [-0.2, 0) is 0 Å². The van der Waals surface area contributed by atoms with Gasteiger partial charge in [-0.05, 0) is 24.3 Å². The van der Waals surface area contributed by atoms with E-state index < -0.39 is 0 Å². The SMILES string of the molecule is Oc1cccc2cnc(-c3cccc(Br)c3)n12. The summed E-state index contributed by atoms with van der Waals surface area (Å²) < 4.78 is 2.71. The van der Waals surface area contributed by atoms with Gasteiger partial charge in [-0.1, -0.05) is 34.1 Å². The zero-order valence-electron chi connectivity index (χ0n) is 8.84. The Hall–Kier alpha value is -1.81. The third-order valence-corrected chi connectivity index (χ3v) is 3.11. The Bertz CT molecular complexity index is 691. The standard InChI is InChI=1S/C13H9BrN2O/c14-10-4-1-3-9(7-10)13-15-8-11-5-2-6-12(17)16(11)13/h1-8,17H. The summed E-state index contributed by atoms with van der Waals surface area (Å²) in [5.74, 6) is 0.925. The third-order valence-electron chi connectivity index (χ3n) is 2.61. The maximum absolute atomic E-state index is 9.88. The largest absolute Gasteiger partial charge is 0.494 e. The van der Waals surface area contributed by atoms with Crippen LogP contribution in [0.15, 0.2) is 53.1 Å². The van der Waals surface area contributed by atoms with Gasteiger partial charge in [0.25, 0.3) is 0 Å². The molecule has 0 aliphatic heterocycles. The fourth-order valence-corrected chi connectivity index (χ4v) is 2.26. The van der Waals surface area contributed by atoms with E-state index in [9.17, 15) is 5.11 Å². The van der Waals surface area contributed by atoms with Crippen LogP contribution in [0.2, 0.25) is 0 Å². The molecule has 84 valence electrons. The van der Waals surface area contributed by atoms with Crippen LogP contribution in [-0.4, -0.2) is 14.5 Å². The van der Waals surface area contributed by atoms with Crippen LogP contribution in [0.4, 0.5) is 0 Å². The summed E-state index contributed by atoms with van der Waals surface area (Å²) in [6.45, 7) is 0. The summed E-state index contributed by atoms with van der Waals surface area (Å²) in [6.07, 6.45) is 1.75. The molecule has 0 saturated heterocycles. The van der Waals surface area contributed by atoms with Crippen molar-refractivity contribution in [2.45, 2.75) is 0 Å². The first-order valence-corrected chi connectivity index (χ1v) is 5.96. The fourth-order valence-electron chi connectivity index (χ4n) is 1.86. The number of halogens is 1. The minimum atomic E-state index is 0.190. The summed E-state index contributed by atoms with van der Waals surface area (Å²) >= 11 is 3.43. The zero-order chi connectivity index (χ0) is 11.8. The van der Waals surface area contributed by atoms with Crippen LogP contribution in [0.25, 0.3) is 16.9 Å². The fraction of sp³-hybridized carbons (Fsp3) is 0. The minimum Gasteiger partial charge on any atom is -0.494 e. The van der Waals surface area contributed by atoms with Crippen molar-refractivity contribution in [3.05, 3.63) is 53.1 Å². The van der Waals surface area contributed by atoms with E-state index >= 15 is 0 Å². The molecule has 3 nitrogen and oxygen atoms in total. The highest BCUT2D eigenvalue weighted by Crippen LogP contribution is 2.26. The molecule has 0 bridgehead atoms. The molecule has 0 aliphatic carbocycles. The van der Waals surface area contributed by atoms with E-state index in [-0.39, 0.29) is 5.88 Å². The van der Waals surface area contributed by atoms with Gasteiger partial charge < -0.3 is 5.11 Å². The molecule has 1 N–H and O–H groups in total. The van der Waals surface area contributed by atoms with Crippen LogP contribution in [0.3, 0.4) is 0 Å². The average molecular weight is 289 g/mol. The maximum Gasteiger partial charge on any atom is 0.197 e. The van der Waals surface area contributed by atoms with E-state index in [1.807, 2.05) is 30.3 Å². The highest BCUT2D eigenvalue weighted by molar-refractivity contribution is 9.10. The molecule has 4 heteroatoms. The van der Waals surface area contributed by atoms with E-state index in [0.717, 1.165) is 21.4 Å². The lowest BCUT2D eigenvalue weighted by atomic mass is 10.2. The quantitative estimate of drug-likeness (QED) is 0.744. The molecule has 17 heavy (non-hydrogen) atoms. The molecule has 0 unspecified atom stereocenters. The van der Waals surface area contributed by atoms with Crippen molar-refractivity contribution in [1.29, 1.82) is 0 Å². The molecular weight excluding hydrogens is 280 g/mol. The molecule has 1 aromatic carbocycles. The number of nitrogens with zero attached hydrogens (tertiary/aromatic N) is 2. The monoisotopic (exact) mass is 288 g/mol. The van der Waals surface area contributed by atoms with E-state index in [1.165, 1.54) is 0 Å². The van der Waals surface area contributed by atoms with E-state index in [0.29, 0.717) is 0 Å². The van der Waals surface area contributed by atoms with Crippen molar-refractivity contribution in [3.63, 3.8) is 0 Å². The van der Waals surface area contributed by atoms with Crippen LogP contribution in [0.1, 0.15) is 0 Å². The lowest BCUT2D eigenvalue weighted by Crippen LogP contribution is -1.90. The molecule has 0 atom stereocenters. The molecule has 2 heterocycles. The Morgan fingerprint density at radius 1 is 1.12 bits per heavy atom. The third kappa shape index (κ3) is 1.70. The van der Waals surface area contributed by atoms with Crippen LogP contribution < -0.4 is 0 Å². The van der Waals surface area contributed by atoms with Gasteiger partial charge >= 0.3 is 0 Å². The summed E-state index contributed by atoms with van der Waals surface area (Å²) in [7, 11) is 0. The number of hydrogen-bond acceptors (Lipinski definition) is 2. The van der Waals surface area contributed by atoms with E-state index in [1.54, 1.807) is 22.7 Å². The molecule has 0 aliphatic rings. The Balaban J connectivity index is 2.31. The van der Waals surface area contributed by atoms with Gasteiger partial charge in [0.1, 0.15) is 5.82 Å². The summed E-state index contributed by atoms with van der Waals surface area (Å²) in [5, 5.41) is 9.88. The van der Waals surface area contributed by atoms with Gasteiger partial charge in [-0.25, -0.2) is 4.98 Å². The number of fused-ring (bicyclic) bond motifs is 1. The van der Waals surface area contributed by atoms with Gasteiger partial charge in [0.15, 0.2) is 5.88 Å². The second-order valence-electron chi connectivity index (χ2n) is 3.74. The van der Waals surface area contributed by atoms with E-state index in [4.69, 9.17) is 0 Å². The molecule has 0 saturated carbocycles. The Labute approximate surface area is 106 Å². The van der Waals surface area contributed by atoms with Gasteiger partial charge in [0.05, 0.1) is 11.7 Å². The molecule has 0 radical (unpaired) electrons. The lowest BCUT2D eigenvalue weighted by Gasteiger charge is -2.04. The molecule has 3 rings (SSSR count). The number of aromatic nitrogens is 2. The number of pyridine rings is 1. The van der Waals surface area contributed by atoms with Crippen molar-refractivity contribution in [2.75, 3.05) is 0 Å². The first-order valence-electron chi connectivity index (χ1n) is 5.17.